The summed E-state index contributed by atoms with van der Waals surface area (Å²) in [6.07, 6.45) is 1.98. The molecule has 0 unspecified atom stereocenters. The van der Waals surface area contributed by atoms with Gasteiger partial charge in [0.25, 0.3) is 0 Å². The molecule has 3 rings (SSSR count). The molecular formula is C23H22N2O5S. The predicted molar refractivity (Wildman–Crippen MR) is 119 cm³/mol. The lowest BCUT2D eigenvalue weighted by Gasteiger charge is -2.20. The van der Waals surface area contributed by atoms with Gasteiger partial charge in [-0.15, -0.1) is 11.3 Å². The van der Waals surface area contributed by atoms with Crippen molar-refractivity contribution >= 4 is 33.4 Å². The van der Waals surface area contributed by atoms with E-state index in [0.29, 0.717) is 17.0 Å². The Balaban J connectivity index is 0.000000366. The van der Waals surface area contributed by atoms with E-state index in [1.165, 1.54) is 11.3 Å². The first kappa shape index (κ1) is 23.6. The van der Waals surface area contributed by atoms with Gasteiger partial charge < -0.3 is 20.3 Å². The minimum absolute atomic E-state index is 0.0142. The lowest BCUT2D eigenvalue weighted by molar-refractivity contribution is -0.134. The van der Waals surface area contributed by atoms with Gasteiger partial charge in [0.15, 0.2) is 0 Å². The van der Waals surface area contributed by atoms with E-state index >= 15 is 0 Å². The van der Waals surface area contributed by atoms with E-state index in [1.54, 1.807) is 0 Å². The maximum Gasteiger partial charge on any atom is 0.328 e. The van der Waals surface area contributed by atoms with E-state index in [1.807, 2.05) is 49.5 Å². The minimum atomic E-state index is -1.26. The number of carboxylic acid groups (broad SMARTS) is 2. The summed E-state index contributed by atoms with van der Waals surface area (Å²) >= 11 is 1.50. The summed E-state index contributed by atoms with van der Waals surface area (Å²) in [7, 11) is 1.95. The number of carbonyl (C=O) groups is 2. The van der Waals surface area contributed by atoms with Gasteiger partial charge in [0.2, 0.25) is 0 Å². The molecule has 8 heteroatoms. The summed E-state index contributed by atoms with van der Waals surface area (Å²) in [6.45, 7) is 0.878. The van der Waals surface area contributed by atoms with Gasteiger partial charge in [-0.2, -0.15) is 5.26 Å². The summed E-state index contributed by atoms with van der Waals surface area (Å²) in [4.78, 5) is 19.8. The third kappa shape index (κ3) is 7.59. The summed E-state index contributed by atoms with van der Waals surface area (Å²) in [5.41, 5.74) is 1.16. The standard InChI is InChI=1S/C19H18N2OS.C4H4O4/c1-21-11-10-17(14-6-3-2-4-7-14)22-18-8-5-9-19-16(18)12-15(13-20)23-19;5-3(6)1-2-4(7)8/h2-9,12,17,21H,10-11H2,1H3;1-2H,(H,5,6)(H,7,8)/t17-;/m0./s1. The molecule has 31 heavy (non-hydrogen) atoms. The molecule has 0 saturated heterocycles. The molecule has 0 spiro atoms. The van der Waals surface area contributed by atoms with Gasteiger partial charge in [-0.1, -0.05) is 36.4 Å². The normalized spacial score (nSPS) is 11.4. The molecule has 160 valence electrons. The molecule has 2 aromatic carbocycles. The second kappa shape index (κ2) is 12.1. The number of aliphatic carboxylic acids is 2. The van der Waals surface area contributed by atoms with Crippen LogP contribution in [-0.4, -0.2) is 35.7 Å². The van der Waals surface area contributed by atoms with Crippen LogP contribution in [0.5, 0.6) is 5.75 Å². The van der Waals surface area contributed by atoms with Gasteiger partial charge >= 0.3 is 11.9 Å². The van der Waals surface area contributed by atoms with Crippen LogP contribution in [0, 0.1) is 11.3 Å². The fourth-order valence-electron chi connectivity index (χ4n) is 2.72. The third-order valence-electron chi connectivity index (χ3n) is 4.10. The number of thiophene rings is 1. The molecule has 0 aliphatic heterocycles. The van der Waals surface area contributed by atoms with E-state index in [9.17, 15) is 9.59 Å². The third-order valence-corrected chi connectivity index (χ3v) is 5.10. The van der Waals surface area contributed by atoms with Crippen LogP contribution in [0.2, 0.25) is 0 Å². The van der Waals surface area contributed by atoms with Crippen LogP contribution in [0.3, 0.4) is 0 Å². The summed E-state index contributed by atoms with van der Waals surface area (Å²) in [5, 5.41) is 28.9. The zero-order valence-electron chi connectivity index (χ0n) is 16.8. The Labute approximate surface area is 183 Å². The van der Waals surface area contributed by atoms with Crippen LogP contribution < -0.4 is 10.1 Å². The van der Waals surface area contributed by atoms with E-state index < -0.39 is 11.9 Å². The van der Waals surface area contributed by atoms with Gasteiger partial charge in [0, 0.05) is 28.7 Å². The number of nitriles is 1. The number of nitrogens with zero attached hydrogens (tertiary/aromatic N) is 1. The number of fused-ring (bicyclic) bond motifs is 1. The second-order valence-electron chi connectivity index (χ2n) is 6.31. The molecule has 0 fully saturated rings. The molecule has 7 nitrogen and oxygen atoms in total. The molecule has 0 amide bonds. The van der Waals surface area contributed by atoms with E-state index in [2.05, 4.69) is 23.5 Å². The second-order valence-corrected chi connectivity index (χ2v) is 7.39. The highest BCUT2D eigenvalue weighted by molar-refractivity contribution is 7.19. The highest BCUT2D eigenvalue weighted by atomic mass is 32.1. The van der Waals surface area contributed by atoms with Gasteiger partial charge in [-0.3, -0.25) is 0 Å². The highest BCUT2D eigenvalue weighted by Crippen LogP contribution is 2.35. The Morgan fingerprint density at radius 1 is 1.13 bits per heavy atom. The molecule has 1 aromatic heterocycles. The molecule has 0 bridgehead atoms. The van der Waals surface area contributed by atoms with Crippen molar-refractivity contribution < 1.29 is 24.5 Å². The molecule has 0 radical (unpaired) electrons. The summed E-state index contributed by atoms with van der Waals surface area (Å²) in [6, 6.07) is 20.4. The molecule has 3 aromatic rings. The smallest absolute Gasteiger partial charge is 0.328 e. The zero-order chi connectivity index (χ0) is 22.6. The Bertz CT molecular complexity index is 1070. The minimum Gasteiger partial charge on any atom is -0.485 e. The quantitative estimate of drug-likeness (QED) is 0.451. The first-order valence-electron chi connectivity index (χ1n) is 9.37. The van der Waals surface area contributed by atoms with Gasteiger partial charge in [-0.25, -0.2) is 9.59 Å². The largest absolute Gasteiger partial charge is 0.485 e. The van der Waals surface area contributed by atoms with Crippen LogP contribution in [0.25, 0.3) is 10.1 Å². The summed E-state index contributed by atoms with van der Waals surface area (Å²) < 4.78 is 7.41. The number of carboxylic acids is 2. The van der Waals surface area contributed by atoms with Crippen LogP contribution >= 0.6 is 11.3 Å². The molecule has 1 heterocycles. The Morgan fingerprint density at radius 2 is 1.81 bits per heavy atom. The van der Waals surface area contributed by atoms with E-state index in [0.717, 1.165) is 34.4 Å². The molecule has 0 aliphatic rings. The average molecular weight is 439 g/mol. The Morgan fingerprint density at radius 3 is 2.39 bits per heavy atom. The number of rotatable bonds is 8. The zero-order valence-corrected chi connectivity index (χ0v) is 17.6. The van der Waals surface area contributed by atoms with Gasteiger partial charge in [-0.05, 0) is 37.4 Å². The van der Waals surface area contributed by atoms with Gasteiger partial charge in [0.1, 0.15) is 22.8 Å². The van der Waals surface area contributed by atoms with Crippen LogP contribution in [0.4, 0.5) is 0 Å². The van der Waals surface area contributed by atoms with Crippen molar-refractivity contribution in [1.29, 1.82) is 5.26 Å². The van der Waals surface area contributed by atoms with Crippen molar-refractivity contribution in [3.8, 4) is 11.8 Å². The van der Waals surface area contributed by atoms with Crippen molar-refractivity contribution in [2.45, 2.75) is 12.5 Å². The highest BCUT2D eigenvalue weighted by Gasteiger charge is 2.15. The van der Waals surface area contributed by atoms with Crippen LogP contribution in [0.15, 0.2) is 66.7 Å². The Kier molecular flexibility index (Phi) is 9.23. The average Bonchev–Trinajstić information content (AvgIpc) is 3.20. The Hall–Kier alpha value is -3.67. The maximum atomic E-state index is 9.55. The first-order valence-corrected chi connectivity index (χ1v) is 10.2. The number of hydrogen-bond acceptors (Lipinski definition) is 6. The van der Waals surface area contributed by atoms with Crippen molar-refractivity contribution in [2.75, 3.05) is 13.6 Å². The van der Waals surface area contributed by atoms with E-state index in [-0.39, 0.29) is 6.10 Å². The maximum absolute atomic E-state index is 9.55. The fourth-order valence-corrected chi connectivity index (χ4v) is 3.60. The molecular weight excluding hydrogens is 416 g/mol. The van der Waals surface area contributed by atoms with Crippen LogP contribution in [0.1, 0.15) is 23.0 Å². The van der Waals surface area contributed by atoms with Crippen molar-refractivity contribution in [3.63, 3.8) is 0 Å². The first-order chi connectivity index (χ1) is 14.9. The van der Waals surface area contributed by atoms with Crippen molar-refractivity contribution in [2.24, 2.45) is 0 Å². The van der Waals surface area contributed by atoms with Crippen LogP contribution in [-0.2, 0) is 9.59 Å². The SMILES string of the molecule is CNCC[C@H](Oc1cccc2sc(C#N)cc12)c1ccccc1.O=C(O)C=CC(=O)O. The topological polar surface area (TPSA) is 120 Å². The molecule has 1 atom stereocenters. The number of benzene rings is 2. The lowest BCUT2D eigenvalue weighted by atomic mass is 10.1. The fraction of sp³-hybridized carbons (Fsp3) is 0.174. The monoisotopic (exact) mass is 438 g/mol. The molecule has 3 N–H and O–H groups in total. The number of ether oxygens (including phenoxy) is 1. The van der Waals surface area contributed by atoms with Gasteiger partial charge in [0.05, 0.1) is 0 Å². The molecule has 0 saturated carbocycles. The van der Waals surface area contributed by atoms with Crippen molar-refractivity contribution in [1.82, 2.24) is 5.32 Å². The summed E-state index contributed by atoms with van der Waals surface area (Å²) in [5.74, 6) is -1.68. The van der Waals surface area contributed by atoms with E-state index in [4.69, 9.17) is 20.2 Å². The lowest BCUT2D eigenvalue weighted by Crippen LogP contribution is -2.16. The molecule has 0 aliphatic carbocycles. The van der Waals surface area contributed by atoms with Crippen molar-refractivity contribution in [3.05, 3.63) is 77.2 Å². The predicted octanol–water partition coefficient (Wildman–Crippen LogP) is 4.21. The number of hydrogen-bond donors (Lipinski definition) is 3. The number of nitrogens with one attached hydrogen (secondary N) is 1.